The Hall–Kier alpha value is -1.87. The summed E-state index contributed by atoms with van der Waals surface area (Å²) in [5.41, 5.74) is 2.04. The van der Waals surface area contributed by atoms with Crippen LogP contribution in [0.3, 0.4) is 0 Å². The molecule has 0 aliphatic carbocycles. The Kier molecular flexibility index (Phi) is 3.24. The van der Waals surface area contributed by atoms with Gasteiger partial charge < -0.3 is 9.64 Å². The number of para-hydroxylation sites is 1. The van der Waals surface area contributed by atoms with E-state index in [1.54, 1.807) is 0 Å². The van der Waals surface area contributed by atoms with E-state index < -0.39 is 0 Å². The van der Waals surface area contributed by atoms with Crippen LogP contribution in [0.4, 0.5) is 0 Å². The van der Waals surface area contributed by atoms with Gasteiger partial charge in [-0.1, -0.05) is 24.3 Å². The average Bonchev–Trinajstić information content (AvgIpc) is 2.46. The minimum Gasteiger partial charge on any atom is -0.378 e. The molecule has 1 aromatic carbocycles. The Morgan fingerprint density at radius 1 is 1.06 bits per heavy atom. The number of aromatic nitrogens is 1. The van der Waals surface area contributed by atoms with Crippen molar-refractivity contribution in [3.8, 4) is 0 Å². The van der Waals surface area contributed by atoms with Crippen LogP contribution in [0.5, 0.6) is 0 Å². The Morgan fingerprint density at radius 3 is 2.78 bits per heavy atom. The molecule has 0 saturated carbocycles. The van der Waals surface area contributed by atoms with Crippen LogP contribution < -0.4 is 0 Å². The minimum absolute atomic E-state index is 0.815. The van der Waals surface area contributed by atoms with Gasteiger partial charge in [-0.25, -0.2) is 4.98 Å². The second kappa shape index (κ2) is 5.19. The van der Waals surface area contributed by atoms with Crippen LogP contribution in [-0.4, -0.2) is 36.2 Å². The summed E-state index contributed by atoms with van der Waals surface area (Å²) in [6, 6.07) is 12.3. The van der Waals surface area contributed by atoms with Gasteiger partial charge in [0.2, 0.25) is 0 Å². The van der Waals surface area contributed by atoms with Crippen LogP contribution in [0.1, 0.15) is 5.69 Å². The van der Waals surface area contributed by atoms with Crippen molar-refractivity contribution in [2.24, 2.45) is 0 Å². The molecule has 3 nitrogen and oxygen atoms in total. The van der Waals surface area contributed by atoms with E-state index in [0.717, 1.165) is 37.5 Å². The standard InChI is InChI=1S/C15H16N2O/c1-2-4-15-13(3-1)5-6-14(16-15)7-8-17-9-11-18-12-10-17/h1-8H,9-12H2. The van der Waals surface area contributed by atoms with Crippen molar-refractivity contribution in [3.05, 3.63) is 48.3 Å². The zero-order valence-corrected chi connectivity index (χ0v) is 10.2. The smallest absolute Gasteiger partial charge is 0.0709 e. The molecule has 0 radical (unpaired) electrons. The first-order chi connectivity index (χ1) is 8.92. The van der Waals surface area contributed by atoms with Gasteiger partial charge >= 0.3 is 0 Å². The molecule has 1 aliphatic heterocycles. The molecule has 1 aromatic heterocycles. The van der Waals surface area contributed by atoms with Crippen LogP contribution in [0.25, 0.3) is 17.0 Å². The number of hydrogen-bond acceptors (Lipinski definition) is 3. The highest BCUT2D eigenvalue weighted by molar-refractivity contribution is 5.79. The zero-order valence-electron chi connectivity index (χ0n) is 10.2. The van der Waals surface area contributed by atoms with Gasteiger partial charge in [0.25, 0.3) is 0 Å². The number of fused-ring (bicyclic) bond motifs is 1. The lowest BCUT2D eigenvalue weighted by atomic mass is 10.2. The molecule has 1 saturated heterocycles. The zero-order chi connectivity index (χ0) is 12.2. The highest BCUT2D eigenvalue weighted by Gasteiger charge is 2.05. The number of benzene rings is 1. The van der Waals surface area contributed by atoms with Gasteiger partial charge in [0, 0.05) is 24.7 Å². The van der Waals surface area contributed by atoms with Gasteiger partial charge in [0.05, 0.1) is 24.4 Å². The monoisotopic (exact) mass is 240 g/mol. The summed E-state index contributed by atoms with van der Waals surface area (Å²) in [7, 11) is 0. The van der Waals surface area contributed by atoms with Gasteiger partial charge in [0.15, 0.2) is 0 Å². The third-order valence-electron chi connectivity index (χ3n) is 3.12. The maximum absolute atomic E-state index is 5.32. The van der Waals surface area contributed by atoms with E-state index in [1.165, 1.54) is 5.39 Å². The third-order valence-corrected chi connectivity index (χ3v) is 3.12. The summed E-state index contributed by atoms with van der Waals surface area (Å²) >= 11 is 0. The van der Waals surface area contributed by atoms with E-state index in [9.17, 15) is 0 Å². The number of pyridine rings is 1. The molecular formula is C15H16N2O. The predicted molar refractivity (Wildman–Crippen MR) is 73.2 cm³/mol. The van der Waals surface area contributed by atoms with Crippen molar-refractivity contribution >= 4 is 17.0 Å². The predicted octanol–water partition coefficient (Wildman–Crippen LogP) is 2.54. The van der Waals surface area contributed by atoms with Gasteiger partial charge in [-0.2, -0.15) is 0 Å². The third kappa shape index (κ3) is 2.51. The Balaban J connectivity index is 1.79. The normalized spacial score (nSPS) is 16.6. The molecule has 18 heavy (non-hydrogen) atoms. The van der Waals surface area contributed by atoms with E-state index in [2.05, 4.69) is 40.4 Å². The lowest BCUT2D eigenvalue weighted by Gasteiger charge is -2.24. The Bertz CT molecular complexity index is 559. The van der Waals surface area contributed by atoms with Crippen molar-refractivity contribution in [3.63, 3.8) is 0 Å². The van der Waals surface area contributed by atoms with Crippen LogP contribution in [-0.2, 0) is 4.74 Å². The number of rotatable bonds is 2. The van der Waals surface area contributed by atoms with Crippen molar-refractivity contribution in [2.75, 3.05) is 26.3 Å². The Labute approximate surface area is 107 Å². The second-order valence-corrected chi connectivity index (χ2v) is 4.39. The van der Waals surface area contributed by atoms with Crippen molar-refractivity contribution < 1.29 is 4.74 Å². The highest BCUT2D eigenvalue weighted by atomic mass is 16.5. The van der Waals surface area contributed by atoms with Gasteiger partial charge in [-0.05, 0) is 18.2 Å². The molecule has 92 valence electrons. The molecule has 0 spiro atoms. The fraction of sp³-hybridized carbons (Fsp3) is 0.267. The lowest BCUT2D eigenvalue weighted by Crippen LogP contribution is -2.31. The highest BCUT2D eigenvalue weighted by Crippen LogP contribution is 2.12. The summed E-state index contributed by atoms with van der Waals surface area (Å²) in [4.78, 5) is 6.88. The molecule has 3 rings (SSSR count). The molecule has 0 N–H and O–H groups in total. The van der Waals surface area contributed by atoms with E-state index in [1.807, 2.05) is 18.2 Å². The fourth-order valence-electron chi connectivity index (χ4n) is 2.08. The number of hydrogen-bond donors (Lipinski definition) is 0. The van der Waals surface area contributed by atoms with E-state index in [0.29, 0.717) is 0 Å². The first-order valence-corrected chi connectivity index (χ1v) is 6.28. The van der Waals surface area contributed by atoms with Gasteiger partial charge in [0.1, 0.15) is 0 Å². The quantitative estimate of drug-likeness (QED) is 0.806. The molecule has 2 heterocycles. The second-order valence-electron chi connectivity index (χ2n) is 4.39. The summed E-state index contributed by atoms with van der Waals surface area (Å²) in [5, 5.41) is 1.18. The molecular weight excluding hydrogens is 224 g/mol. The van der Waals surface area contributed by atoms with Crippen LogP contribution >= 0.6 is 0 Å². The molecule has 1 fully saturated rings. The average molecular weight is 240 g/mol. The molecule has 2 aromatic rings. The first kappa shape index (κ1) is 11.2. The van der Waals surface area contributed by atoms with E-state index in [4.69, 9.17) is 4.74 Å². The topological polar surface area (TPSA) is 25.4 Å². The largest absolute Gasteiger partial charge is 0.378 e. The maximum atomic E-state index is 5.32. The maximum Gasteiger partial charge on any atom is 0.0709 e. The first-order valence-electron chi connectivity index (χ1n) is 6.28. The van der Waals surface area contributed by atoms with Crippen molar-refractivity contribution in [1.29, 1.82) is 0 Å². The lowest BCUT2D eigenvalue weighted by molar-refractivity contribution is 0.0597. The molecule has 0 atom stereocenters. The van der Waals surface area contributed by atoms with Crippen molar-refractivity contribution in [2.45, 2.75) is 0 Å². The van der Waals surface area contributed by atoms with Crippen LogP contribution in [0, 0.1) is 0 Å². The number of morpholine rings is 1. The number of ether oxygens (including phenoxy) is 1. The van der Waals surface area contributed by atoms with Gasteiger partial charge in [-0.15, -0.1) is 0 Å². The molecule has 0 unspecified atom stereocenters. The molecule has 3 heteroatoms. The Morgan fingerprint density at radius 2 is 1.89 bits per heavy atom. The summed E-state index contributed by atoms with van der Waals surface area (Å²) in [5.74, 6) is 0. The number of nitrogens with zero attached hydrogens (tertiary/aromatic N) is 2. The van der Waals surface area contributed by atoms with E-state index >= 15 is 0 Å². The minimum atomic E-state index is 0.815. The SMILES string of the molecule is C(=CN1CCOCC1)c1ccc2ccccc2n1. The summed E-state index contributed by atoms with van der Waals surface area (Å²) in [6.45, 7) is 3.55. The molecule has 1 aliphatic rings. The summed E-state index contributed by atoms with van der Waals surface area (Å²) < 4.78 is 5.32. The van der Waals surface area contributed by atoms with Crippen LogP contribution in [0.2, 0.25) is 0 Å². The molecule has 0 bridgehead atoms. The van der Waals surface area contributed by atoms with Crippen molar-refractivity contribution in [1.82, 2.24) is 9.88 Å². The summed E-state index contributed by atoms with van der Waals surface area (Å²) in [6.07, 6.45) is 4.18. The van der Waals surface area contributed by atoms with Crippen LogP contribution in [0.15, 0.2) is 42.6 Å². The van der Waals surface area contributed by atoms with E-state index in [-0.39, 0.29) is 0 Å². The van der Waals surface area contributed by atoms with Gasteiger partial charge in [-0.3, -0.25) is 0 Å². The fourth-order valence-corrected chi connectivity index (χ4v) is 2.08. The molecule has 0 amide bonds.